The molecule has 0 spiro atoms. The molecule has 1 aliphatic rings. The second kappa shape index (κ2) is 5.88. The summed E-state index contributed by atoms with van der Waals surface area (Å²) in [4.78, 5) is 4.44. The standard InChI is InChI=1S/C16H20N2O4S/c1-11-8-13(15(22-3)14(9-11)21-2)16-17-5-6-18(16)12-4-7-23(19,20)10-12/h5-6,8-9,12H,4,7,10H2,1-3H3. The molecule has 1 atom stereocenters. The number of nitrogens with zero attached hydrogens (tertiary/aromatic N) is 2. The highest BCUT2D eigenvalue weighted by Gasteiger charge is 2.31. The van der Waals surface area contributed by atoms with Crippen LogP contribution in [0.4, 0.5) is 0 Å². The van der Waals surface area contributed by atoms with Gasteiger partial charge in [0.2, 0.25) is 0 Å². The molecule has 1 aromatic carbocycles. The molecule has 1 unspecified atom stereocenters. The van der Waals surface area contributed by atoms with Gasteiger partial charge in [0, 0.05) is 12.4 Å². The van der Waals surface area contributed by atoms with Crippen LogP contribution in [0.25, 0.3) is 11.4 Å². The number of methoxy groups -OCH3 is 2. The third-order valence-electron chi connectivity index (χ3n) is 4.13. The van der Waals surface area contributed by atoms with E-state index >= 15 is 0 Å². The fourth-order valence-electron chi connectivity index (χ4n) is 3.08. The Balaban J connectivity index is 2.11. The Hall–Kier alpha value is -2.02. The van der Waals surface area contributed by atoms with Crippen LogP contribution in [0.15, 0.2) is 24.5 Å². The van der Waals surface area contributed by atoms with E-state index in [0.29, 0.717) is 23.7 Å². The van der Waals surface area contributed by atoms with Crippen molar-refractivity contribution in [3.63, 3.8) is 0 Å². The van der Waals surface area contributed by atoms with Crippen LogP contribution in [-0.4, -0.2) is 43.7 Å². The molecule has 0 saturated carbocycles. The second-order valence-corrected chi connectivity index (χ2v) is 7.99. The van der Waals surface area contributed by atoms with Crippen LogP contribution in [0.5, 0.6) is 11.5 Å². The van der Waals surface area contributed by atoms with Gasteiger partial charge in [0.05, 0.1) is 37.3 Å². The molecule has 2 aromatic rings. The van der Waals surface area contributed by atoms with Crippen LogP contribution in [-0.2, 0) is 9.84 Å². The number of rotatable bonds is 4. The van der Waals surface area contributed by atoms with Gasteiger partial charge in [-0.05, 0) is 31.0 Å². The number of benzene rings is 1. The average Bonchev–Trinajstić information content (AvgIpc) is 3.12. The smallest absolute Gasteiger partial charge is 0.171 e. The molecular formula is C16H20N2O4S. The molecule has 0 radical (unpaired) electrons. The van der Waals surface area contributed by atoms with Gasteiger partial charge >= 0.3 is 0 Å². The van der Waals surface area contributed by atoms with E-state index in [4.69, 9.17) is 9.47 Å². The lowest BCUT2D eigenvalue weighted by Gasteiger charge is -2.17. The van der Waals surface area contributed by atoms with Crippen molar-refractivity contribution in [2.75, 3.05) is 25.7 Å². The van der Waals surface area contributed by atoms with Crippen molar-refractivity contribution in [1.82, 2.24) is 9.55 Å². The molecule has 6 nitrogen and oxygen atoms in total. The molecule has 124 valence electrons. The molecule has 2 heterocycles. The number of ether oxygens (including phenoxy) is 2. The van der Waals surface area contributed by atoms with E-state index in [1.54, 1.807) is 20.4 Å². The monoisotopic (exact) mass is 336 g/mol. The van der Waals surface area contributed by atoms with Gasteiger partial charge in [-0.2, -0.15) is 0 Å². The minimum Gasteiger partial charge on any atom is -0.493 e. The van der Waals surface area contributed by atoms with E-state index < -0.39 is 9.84 Å². The summed E-state index contributed by atoms with van der Waals surface area (Å²) in [6.45, 7) is 1.97. The Bertz CT molecular complexity index is 827. The van der Waals surface area contributed by atoms with Crippen LogP contribution in [0.3, 0.4) is 0 Å². The van der Waals surface area contributed by atoms with E-state index in [1.165, 1.54) is 0 Å². The molecule has 1 aliphatic heterocycles. The fraction of sp³-hybridized carbons (Fsp3) is 0.438. The summed E-state index contributed by atoms with van der Waals surface area (Å²) in [6, 6.07) is 3.79. The summed E-state index contributed by atoms with van der Waals surface area (Å²) in [5, 5.41) is 0. The van der Waals surface area contributed by atoms with Gasteiger partial charge in [0.1, 0.15) is 5.82 Å². The minimum atomic E-state index is -2.96. The van der Waals surface area contributed by atoms with Gasteiger partial charge in [0.25, 0.3) is 0 Å². The summed E-state index contributed by atoms with van der Waals surface area (Å²) in [7, 11) is 0.220. The summed E-state index contributed by atoms with van der Waals surface area (Å²) >= 11 is 0. The highest BCUT2D eigenvalue weighted by molar-refractivity contribution is 7.91. The molecule has 1 fully saturated rings. The largest absolute Gasteiger partial charge is 0.493 e. The first kappa shape index (κ1) is 15.9. The van der Waals surface area contributed by atoms with E-state index in [0.717, 1.165) is 11.1 Å². The Labute approximate surface area is 136 Å². The van der Waals surface area contributed by atoms with E-state index in [2.05, 4.69) is 4.98 Å². The van der Waals surface area contributed by atoms with Crippen LogP contribution < -0.4 is 9.47 Å². The zero-order chi connectivity index (χ0) is 16.6. The first-order valence-corrected chi connectivity index (χ1v) is 9.23. The molecule has 3 rings (SSSR count). The maximum Gasteiger partial charge on any atom is 0.171 e. The van der Waals surface area contributed by atoms with Crippen molar-refractivity contribution in [3.8, 4) is 22.9 Å². The third kappa shape index (κ3) is 2.93. The Kier molecular flexibility index (Phi) is 4.06. The van der Waals surface area contributed by atoms with Crippen LogP contribution in [0, 0.1) is 6.92 Å². The predicted molar refractivity (Wildman–Crippen MR) is 87.8 cm³/mol. The van der Waals surface area contributed by atoms with Gasteiger partial charge in [-0.25, -0.2) is 13.4 Å². The van der Waals surface area contributed by atoms with E-state index in [9.17, 15) is 8.42 Å². The van der Waals surface area contributed by atoms with Crippen LogP contribution in [0.1, 0.15) is 18.0 Å². The fourth-order valence-corrected chi connectivity index (χ4v) is 4.79. The first-order valence-electron chi connectivity index (χ1n) is 7.41. The van der Waals surface area contributed by atoms with Crippen molar-refractivity contribution in [2.45, 2.75) is 19.4 Å². The number of imidazole rings is 1. The van der Waals surface area contributed by atoms with Crippen molar-refractivity contribution in [1.29, 1.82) is 0 Å². The topological polar surface area (TPSA) is 70.4 Å². The number of hydrogen-bond acceptors (Lipinski definition) is 5. The zero-order valence-electron chi connectivity index (χ0n) is 13.4. The minimum absolute atomic E-state index is 0.0892. The van der Waals surface area contributed by atoms with E-state index in [-0.39, 0.29) is 17.5 Å². The number of sulfone groups is 1. The van der Waals surface area contributed by atoms with Gasteiger partial charge in [-0.15, -0.1) is 0 Å². The van der Waals surface area contributed by atoms with Crippen molar-refractivity contribution in [2.24, 2.45) is 0 Å². The lowest BCUT2D eigenvalue weighted by molar-refractivity contribution is 0.355. The lowest BCUT2D eigenvalue weighted by Crippen LogP contribution is -2.12. The second-order valence-electron chi connectivity index (χ2n) is 5.76. The average molecular weight is 336 g/mol. The highest BCUT2D eigenvalue weighted by Crippen LogP contribution is 2.40. The highest BCUT2D eigenvalue weighted by atomic mass is 32.2. The van der Waals surface area contributed by atoms with Crippen molar-refractivity contribution in [3.05, 3.63) is 30.1 Å². The van der Waals surface area contributed by atoms with Crippen molar-refractivity contribution >= 4 is 9.84 Å². The Morgan fingerprint density at radius 3 is 2.65 bits per heavy atom. The molecule has 23 heavy (non-hydrogen) atoms. The molecule has 0 amide bonds. The van der Waals surface area contributed by atoms with Crippen molar-refractivity contribution < 1.29 is 17.9 Å². The van der Waals surface area contributed by atoms with Gasteiger partial charge < -0.3 is 14.0 Å². The summed E-state index contributed by atoms with van der Waals surface area (Å²) < 4.78 is 36.4. The maximum absolute atomic E-state index is 11.8. The lowest BCUT2D eigenvalue weighted by atomic mass is 10.1. The number of aryl methyl sites for hydroxylation is 1. The van der Waals surface area contributed by atoms with Crippen LogP contribution in [0.2, 0.25) is 0 Å². The molecule has 0 N–H and O–H groups in total. The summed E-state index contributed by atoms with van der Waals surface area (Å²) in [6.07, 6.45) is 4.13. The van der Waals surface area contributed by atoms with Gasteiger partial charge in [-0.1, -0.05) is 0 Å². The Morgan fingerprint density at radius 1 is 1.26 bits per heavy atom. The number of hydrogen-bond donors (Lipinski definition) is 0. The number of aromatic nitrogens is 2. The van der Waals surface area contributed by atoms with Gasteiger partial charge in [0.15, 0.2) is 21.3 Å². The summed E-state index contributed by atoms with van der Waals surface area (Å²) in [5.41, 5.74) is 1.82. The SMILES string of the molecule is COc1cc(C)cc(-c2nccn2C2CCS(=O)(=O)C2)c1OC. The molecule has 1 saturated heterocycles. The normalized spacial score (nSPS) is 19.7. The predicted octanol–water partition coefficient (Wildman–Crippen LogP) is 2.24. The summed E-state index contributed by atoms with van der Waals surface area (Å²) in [5.74, 6) is 2.32. The molecule has 1 aromatic heterocycles. The quantitative estimate of drug-likeness (QED) is 0.856. The van der Waals surface area contributed by atoms with Gasteiger partial charge in [-0.3, -0.25) is 0 Å². The molecule has 7 heteroatoms. The Morgan fingerprint density at radius 2 is 2.04 bits per heavy atom. The third-order valence-corrected chi connectivity index (χ3v) is 5.88. The van der Waals surface area contributed by atoms with Crippen LogP contribution >= 0.6 is 0 Å². The molecule has 0 bridgehead atoms. The molecular weight excluding hydrogens is 316 g/mol. The first-order chi connectivity index (χ1) is 10.9. The maximum atomic E-state index is 11.8. The molecule has 0 aliphatic carbocycles. The zero-order valence-corrected chi connectivity index (χ0v) is 14.3. The van der Waals surface area contributed by atoms with E-state index in [1.807, 2.05) is 29.8 Å².